The molecule has 8 heteroatoms. The molecule has 1 aromatic heterocycles. The van der Waals surface area contributed by atoms with Gasteiger partial charge >= 0.3 is 0 Å². The Morgan fingerprint density at radius 1 is 1.00 bits per heavy atom. The molecule has 164 valence electrons. The van der Waals surface area contributed by atoms with E-state index in [0.717, 1.165) is 0 Å². The molecule has 3 amide bonds. The Morgan fingerprint density at radius 2 is 1.66 bits per heavy atom. The fourth-order valence-corrected chi connectivity index (χ4v) is 3.44. The van der Waals surface area contributed by atoms with Gasteiger partial charge in [0.25, 0.3) is 11.8 Å². The van der Waals surface area contributed by atoms with Crippen molar-refractivity contribution in [3.63, 3.8) is 0 Å². The zero-order chi connectivity index (χ0) is 22.9. The number of rotatable bonds is 4. The maximum absolute atomic E-state index is 13.0. The summed E-state index contributed by atoms with van der Waals surface area (Å²) in [6, 6.07) is 13.6. The second kappa shape index (κ2) is 8.37. The molecule has 32 heavy (non-hydrogen) atoms. The highest BCUT2D eigenvalue weighted by Gasteiger charge is 2.27. The van der Waals surface area contributed by atoms with Crippen LogP contribution in [0.5, 0.6) is 0 Å². The first kappa shape index (κ1) is 21.4. The van der Waals surface area contributed by atoms with Crippen LogP contribution in [0.25, 0.3) is 11.5 Å². The monoisotopic (exact) mass is 432 g/mol. The van der Waals surface area contributed by atoms with Gasteiger partial charge in [0.05, 0.1) is 16.8 Å². The largest absolute Gasteiger partial charge is 0.334 e. The number of amides is 3. The topological polar surface area (TPSA) is 105 Å². The van der Waals surface area contributed by atoms with E-state index < -0.39 is 0 Å². The van der Waals surface area contributed by atoms with Crippen molar-refractivity contribution in [2.24, 2.45) is 0 Å². The molecule has 1 fully saturated rings. The van der Waals surface area contributed by atoms with Crippen LogP contribution < -0.4 is 10.2 Å². The van der Waals surface area contributed by atoms with Crippen molar-refractivity contribution in [3.8, 4) is 11.5 Å². The quantitative estimate of drug-likeness (QED) is 0.615. The van der Waals surface area contributed by atoms with E-state index >= 15 is 0 Å². The van der Waals surface area contributed by atoms with Gasteiger partial charge in [-0.15, -0.1) is 0 Å². The lowest BCUT2D eigenvalue weighted by molar-refractivity contribution is -0.129. The van der Waals surface area contributed by atoms with Crippen molar-refractivity contribution in [2.75, 3.05) is 10.2 Å². The summed E-state index contributed by atoms with van der Waals surface area (Å²) in [5.41, 5.74) is 1.68. The third kappa shape index (κ3) is 4.30. The molecule has 3 aromatic rings. The van der Waals surface area contributed by atoms with E-state index in [4.69, 9.17) is 4.52 Å². The highest BCUT2D eigenvalue weighted by molar-refractivity contribution is 6.16. The fourth-order valence-electron chi connectivity index (χ4n) is 3.44. The van der Waals surface area contributed by atoms with Crippen LogP contribution in [-0.2, 0) is 15.0 Å². The summed E-state index contributed by atoms with van der Waals surface area (Å²) in [5, 5.41) is 6.88. The van der Waals surface area contributed by atoms with Crippen molar-refractivity contribution in [1.29, 1.82) is 0 Å². The molecule has 1 saturated heterocycles. The summed E-state index contributed by atoms with van der Waals surface area (Å²) >= 11 is 0. The van der Waals surface area contributed by atoms with Gasteiger partial charge in [-0.25, -0.2) is 0 Å². The van der Waals surface area contributed by atoms with Crippen LogP contribution in [0.2, 0.25) is 0 Å². The van der Waals surface area contributed by atoms with Crippen LogP contribution >= 0.6 is 0 Å². The Balaban J connectivity index is 1.54. The lowest BCUT2D eigenvalue weighted by Crippen LogP contribution is -2.40. The van der Waals surface area contributed by atoms with Crippen molar-refractivity contribution < 1.29 is 18.9 Å². The SMILES string of the molecule is CC(C)(C)c1noc(-c2ccccc2C(=O)Nc2ccc(N3C(=O)CCCC3=O)cc2)n1. The zero-order valence-corrected chi connectivity index (χ0v) is 18.2. The fraction of sp³-hybridized carbons (Fsp3) is 0.292. The zero-order valence-electron chi connectivity index (χ0n) is 18.2. The van der Waals surface area contributed by atoms with Gasteiger partial charge in [0.2, 0.25) is 11.8 Å². The molecule has 1 aliphatic rings. The van der Waals surface area contributed by atoms with Crippen LogP contribution in [0.15, 0.2) is 53.1 Å². The molecule has 0 unspecified atom stereocenters. The minimum absolute atomic E-state index is 0.207. The van der Waals surface area contributed by atoms with Crippen LogP contribution in [0.1, 0.15) is 56.2 Å². The van der Waals surface area contributed by atoms with E-state index in [1.54, 1.807) is 48.5 Å². The first-order chi connectivity index (χ1) is 15.2. The number of nitrogens with zero attached hydrogens (tertiary/aromatic N) is 3. The second-order valence-corrected chi connectivity index (χ2v) is 8.70. The van der Waals surface area contributed by atoms with Crippen molar-refractivity contribution in [3.05, 3.63) is 59.9 Å². The lowest BCUT2D eigenvalue weighted by Gasteiger charge is -2.25. The standard InChI is InChI=1S/C24H24N4O4/c1-24(2,3)23-26-22(32-27-23)18-8-5-4-7-17(18)21(31)25-15-11-13-16(14-12-15)28-19(29)9-6-10-20(28)30/h4-5,7-8,11-14H,6,9-10H2,1-3H3,(H,25,31). The van der Waals surface area contributed by atoms with Crippen LogP contribution in [0, 0.1) is 0 Å². The molecular weight excluding hydrogens is 408 g/mol. The average Bonchev–Trinajstić information content (AvgIpc) is 3.26. The van der Waals surface area contributed by atoms with Crippen molar-refractivity contribution in [2.45, 2.75) is 45.4 Å². The average molecular weight is 432 g/mol. The van der Waals surface area contributed by atoms with E-state index in [1.807, 2.05) is 20.8 Å². The molecule has 0 spiro atoms. The van der Waals surface area contributed by atoms with Gasteiger partial charge in [-0.1, -0.05) is 38.1 Å². The summed E-state index contributed by atoms with van der Waals surface area (Å²) in [6.07, 6.45) is 1.29. The first-order valence-electron chi connectivity index (χ1n) is 10.4. The van der Waals surface area contributed by atoms with Gasteiger partial charge < -0.3 is 9.84 Å². The number of carbonyl (C=O) groups is 3. The number of piperidine rings is 1. The smallest absolute Gasteiger partial charge is 0.258 e. The van der Waals surface area contributed by atoms with Gasteiger partial charge in [0, 0.05) is 23.9 Å². The van der Waals surface area contributed by atoms with Crippen molar-refractivity contribution >= 4 is 29.1 Å². The Bertz CT molecular complexity index is 1160. The maximum atomic E-state index is 13.0. The molecule has 0 aliphatic carbocycles. The van der Waals surface area contributed by atoms with Crippen LogP contribution in [-0.4, -0.2) is 27.9 Å². The third-order valence-electron chi connectivity index (χ3n) is 5.16. The molecule has 2 heterocycles. The lowest BCUT2D eigenvalue weighted by atomic mass is 9.96. The number of imide groups is 1. The molecule has 0 bridgehead atoms. The van der Waals surface area contributed by atoms with Crippen LogP contribution in [0.4, 0.5) is 11.4 Å². The van der Waals surface area contributed by atoms with E-state index in [1.165, 1.54) is 4.90 Å². The molecule has 1 aliphatic heterocycles. The van der Waals surface area contributed by atoms with Crippen LogP contribution in [0.3, 0.4) is 0 Å². The predicted molar refractivity (Wildman–Crippen MR) is 119 cm³/mol. The Hall–Kier alpha value is -3.81. The van der Waals surface area contributed by atoms with E-state index in [-0.39, 0.29) is 29.0 Å². The number of anilines is 2. The van der Waals surface area contributed by atoms with Gasteiger partial charge in [0.1, 0.15) is 0 Å². The summed E-state index contributed by atoms with van der Waals surface area (Å²) < 4.78 is 5.41. The summed E-state index contributed by atoms with van der Waals surface area (Å²) in [4.78, 5) is 42.8. The van der Waals surface area contributed by atoms with E-state index in [0.29, 0.717) is 47.6 Å². The number of carbonyl (C=O) groups excluding carboxylic acids is 3. The molecule has 4 rings (SSSR count). The van der Waals surface area contributed by atoms with Crippen molar-refractivity contribution in [1.82, 2.24) is 10.1 Å². The third-order valence-corrected chi connectivity index (χ3v) is 5.16. The Labute approximate surface area is 185 Å². The van der Waals surface area contributed by atoms with Gasteiger partial charge in [-0.3, -0.25) is 19.3 Å². The maximum Gasteiger partial charge on any atom is 0.258 e. The van der Waals surface area contributed by atoms with Gasteiger partial charge in [-0.05, 0) is 42.8 Å². The van der Waals surface area contributed by atoms with E-state index in [9.17, 15) is 14.4 Å². The number of hydrogen-bond donors (Lipinski definition) is 1. The number of nitrogens with one attached hydrogen (secondary N) is 1. The molecule has 2 aromatic carbocycles. The van der Waals surface area contributed by atoms with E-state index in [2.05, 4.69) is 15.5 Å². The first-order valence-corrected chi connectivity index (χ1v) is 10.4. The minimum Gasteiger partial charge on any atom is -0.334 e. The Morgan fingerprint density at radius 3 is 2.28 bits per heavy atom. The second-order valence-electron chi connectivity index (χ2n) is 8.70. The summed E-state index contributed by atoms with van der Waals surface area (Å²) in [6.45, 7) is 5.94. The highest BCUT2D eigenvalue weighted by Crippen LogP contribution is 2.27. The number of aromatic nitrogens is 2. The summed E-state index contributed by atoms with van der Waals surface area (Å²) in [5.74, 6) is 0.0783. The highest BCUT2D eigenvalue weighted by atomic mass is 16.5. The predicted octanol–water partition coefficient (Wildman–Crippen LogP) is 4.33. The molecule has 1 N–H and O–H groups in total. The van der Waals surface area contributed by atoms with Gasteiger partial charge in [-0.2, -0.15) is 4.98 Å². The molecule has 0 saturated carbocycles. The number of hydrogen-bond acceptors (Lipinski definition) is 6. The summed E-state index contributed by atoms with van der Waals surface area (Å²) in [7, 11) is 0. The van der Waals surface area contributed by atoms with Gasteiger partial charge in [0.15, 0.2) is 5.82 Å². The molecule has 8 nitrogen and oxygen atoms in total. The molecular formula is C24H24N4O4. The normalized spacial score (nSPS) is 14.5. The molecule has 0 radical (unpaired) electrons. The minimum atomic E-state index is -0.339. The Kier molecular flexibility index (Phi) is 5.61. The number of benzene rings is 2. The molecule has 0 atom stereocenters.